The van der Waals surface area contributed by atoms with Crippen molar-refractivity contribution in [2.24, 2.45) is 0 Å². The third-order valence-corrected chi connectivity index (χ3v) is 10.6. The largest absolute Gasteiger partial charge is 0.299 e. The maximum absolute atomic E-state index is 5.20. The van der Waals surface area contributed by atoms with Crippen LogP contribution in [0.15, 0.2) is 176 Å². The van der Waals surface area contributed by atoms with Crippen LogP contribution in [-0.2, 0) is 12.8 Å². The highest BCUT2D eigenvalue weighted by Gasteiger charge is 2.21. The second kappa shape index (κ2) is 17.1. The van der Waals surface area contributed by atoms with Crippen LogP contribution in [0.4, 0.5) is 17.3 Å². The summed E-state index contributed by atoms with van der Waals surface area (Å²) >= 11 is 0. The van der Waals surface area contributed by atoms with E-state index in [2.05, 4.69) is 195 Å². The Balaban J connectivity index is 1.10. The molecule has 8 rings (SSSR count). The number of aryl methyl sites for hydroxylation is 2. The van der Waals surface area contributed by atoms with Gasteiger partial charge in [0.2, 0.25) is 0 Å². The van der Waals surface area contributed by atoms with E-state index in [4.69, 9.17) is 15.0 Å². The van der Waals surface area contributed by atoms with Crippen molar-refractivity contribution in [1.29, 1.82) is 0 Å². The van der Waals surface area contributed by atoms with Crippen molar-refractivity contribution in [2.75, 3.05) is 4.90 Å². The fourth-order valence-corrected chi connectivity index (χ4v) is 7.70. The Morgan fingerprint density at radius 3 is 1.56 bits per heavy atom. The van der Waals surface area contributed by atoms with Crippen molar-refractivity contribution in [3.8, 4) is 39.6 Å². The highest BCUT2D eigenvalue weighted by molar-refractivity contribution is 5.76. The van der Waals surface area contributed by atoms with Gasteiger partial charge in [0.1, 0.15) is 17.5 Å². The van der Waals surface area contributed by atoms with Crippen LogP contribution in [0.5, 0.6) is 0 Å². The number of imidazole rings is 1. The molecule has 0 fully saturated rings. The maximum atomic E-state index is 5.20. The van der Waals surface area contributed by atoms with E-state index in [0.717, 1.165) is 70.5 Å². The Bertz CT molecular complexity index is 2440. The summed E-state index contributed by atoms with van der Waals surface area (Å²) < 4.78 is 2.30. The number of aromatic nitrogens is 4. The molecule has 0 aliphatic rings. The minimum absolute atomic E-state index is 0.356. The molecule has 0 N–H and O–H groups in total. The summed E-state index contributed by atoms with van der Waals surface area (Å²) in [5, 5.41) is 0. The Morgan fingerprint density at radius 2 is 1.02 bits per heavy atom. The van der Waals surface area contributed by atoms with Gasteiger partial charge in [0.15, 0.2) is 0 Å². The first-order valence-electron chi connectivity index (χ1n) is 20.1. The summed E-state index contributed by atoms with van der Waals surface area (Å²) in [6.07, 6.45) is 7.01. The zero-order chi connectivity index (χ0) is 39.1. The van der Waals surface area contributed by atoms with Crippen molar-refractivity contribution in [1.82, 2.24) is 19.5 Å². The maximum Gasteiger partial charge on any atom is 0.144 e. The van der Waals surface area contributed by atoms with E-state index in [1.54, 1.807) is 0 Å². The minimum Gasteiger partial charge on any atom is -0.299 e. The zero-order valence-electron chi connectivity index (χ0n) is 33.3. The van der Waals surface area contributed by atoms with E-state index in [1.807, 2.05) is 18.3 Å². The summed E-state index contributed by atoms with van der Waals surface area (Å²) in [5.41, 5.74) is 12.8. The van der Waals surface area contributed by atoms with E-state index in [-0.39, 0.29) is 0 Å². The molecule has 0 saturated carbocycles. The first-order chi connectivity index (χ1) is 27.9. The monoisotopic (exact) mass is 743 g/mol. The van der Waals surface area contributed by atoms with Gasteiger partial charge in [-0.3, -0.25) is 9.47 Å². The smallest absolute Gasteiger partial charge is 0.144 e. The average Bonchev–Trinajstić information content (AvgIpc) is 3.75. The van der Waals surface area contributed by atoms with Crippen LogP contribution in [0.25, 0.3) is 39.6 Å². The van der Waals surface area contributed by atoms with E-state index in [9.17, 15) is 0 Å². The fourth-order valence-electron chi connectivity index (χ4n) is 7.70. The van der Waals surface area contributed by atoms with Crippen LogP contribution in [0.1, 0.15) is 68.2 Å². The van der Waals surface area contributed by atoms with Gasteiger partial charge in [-0.25, -0.2) is 15.0 Å². The van der Waals surface area contributed by atoms with Crippen molar-refractivity contribution >= 4 is 17.3 Å². The lowest BCUT2D eigenvalue weighted by molar-refractivity contribution is 0.781. The van der Waals surface area contributed by atoms with Gasteiger partial charge in [-0.1, -0.05) is 155 Å². The quantitative estimate of drug-likeness (QED) is 0.118. The highest BCUT2D eigenvalue weighted by atomic mass is 15.2. The van der Waals surface area contributed by atoms with Crippen molar-refractivity contribution in [2.45, 2.75) is 58.8 Å². The normalized spacial score (nSPS) is 11.3. The second-order valence-corrected chi connectivity index (χ2v) is 15.3. The van der Waals surface area contributed by atoms with Crippen LogP contribution >= 0.6 is 0 Å². The van der Waals surface area contributed by atoms with E-state index >= 15 is 0 Å². The first-order valence-corrected chi connectivity index (χ1v) is 20.1. The molecule has 0 unspecified atom stereocenters. The minimum atomic E-state index is 0.356. The van der Waals surface area contributed by atoms with Gasteiger partial charge in [0.25, 0.3) is 0 Å². The van der Waals surface area contributed by atoms with Crippen molar-refractivity contribution < 1.29 is 0 Å². The van der Waals surface area contributed by atoms with Crippen LogP contribution in [0.2, 0.25) is 0 Å². The summed E-state index contributed by atoms with van der Waals surface area (Å²) in [6.45, 7) is 9.21. The Labute approximate surface area is 337 Å². The molecule has 0 spiro atoms. The summed E-state index contributed by atoms with van der Waals surface area (Å²) in [5.74, 6) is 3.33. The molecule has 5 aromatic carbocycles. The molecule has 3 heterocycles. The molecular weight excluding hydrogens is 695 g/mol. The molecule has 3 aromatic heterocycles. The average molecular weight is 744 g/mol. The summed E-state index contributed by atoms with van der Waals surface area (Å²) in [6, 6.07) is 57.4. The lowest BCUT2D eigenvalue weighted by atomic mass is 9.88. The summed E-state index contributed by atoms with van der Waals surface area (Å²) in [7, 11) is 0. The molecule has 5 nitrogen and oxygen atoms in total. The number of anilines is 3. The van der Waals surface area contributed by atoms with Gasteiger partial charge in [0, 0.05) is 34.8 Å². The summed E-state index contributed by atoms with van der Waals surface area (Å²) in [4.78, 5) is 17.4. The van der Waals surface area contributed by atoms with Gasteiger partial charge in [-0.05, 0) is 89.8 Å². The molecule has 0 aliphatic heterocycles. The van der Waals surface area contributed by atoms with E-state index in [0.29, 0.717) is 11.8 Å². The van der Waals surface area contributed by atoms with Crippen LogP contribution < -0.4 is 4.90 Å². The standard InChI is InChI=1S/C52H49N5/c1-37(2)45-35-40(36-46(38(3)4)51(45)56-33-32-53-52(56)43-25-12-7-13-26-43)20-14-18-39-19-15-27-44(34-39)57(49-30-16-28-47(54-49)41-21-8-5-9-22-41)50-31-17-29-48(55-50)42-23-10-6-11-24-42/h5-13,15-17,19,21-38H,14,18,20H2,1-4H3. The number of hydrogen-bond donors (Lipinski definition) is 0. The highest BCUT2D eigenvalue weighted by Crippen LogP contribution is 2.37. The van der Waals surface area contributed by atoms with E-state index in [1.165, 1.54) is 27.9 Å². The number of pyridine rings is 2. The molecule has 0 saturated heterocycles. The molecule has 0 atom stereocenters. The molecule has 0 radical (unpaired) electrons. The lowest BCUT2D eigenvalue weighted by Gasteiger charge is -2.25. The van der Waals surface area contributed by atoms with Crippen LogP contribution in [-0.4, -0.2) is 19.5 Å². The second-order valence-electron chi connectivity index (χ2n) is 15.3. The topological polar surface area (TPSA) is 46.8 Å². The Morgan fingerprint density at radius 1 is 0.509 bits per heavy atom. The molecule has 57 heavy (non-hydrogen) atoms. The predicted octanol–water partition coefficient (Wildman–Crippen LogP) is 13.6. The molecule has 0 bridgehead atoms. The van der Waals surface area contributed by atoms with E-state index < -0.39 is 0 Å². The molecule has 0 amide bonds. The Hall–Kier alpha value is -6.59. The molecular formula is C52H49N5. The first kappa shape index (κ1) is 37.3. The third kappa shape index (κ3) is 8.34. The van der Waals surface area contributed by atoms with Gasteiger partial charge in [-0.2, -0.15) is 0 Å². The van der Waals surface area contributed by atoms with Crippen LogP contribution in [0, 0.1) is 0 Å². The van der Waals surface area contributed by atoms with Gasteiger partial charge < -0.3 is 0 Å². The van der Waals surface area contributed by atoms with Crippen molar-refractivity contribution in [3.63, 3.8) is 0 Å². The molecule has 0 aliphatic carbocycles. The van der Waals surface area contributed by atoms with Crippen molar-refractivity contribution in [3.05, 3.63) is 198 Å². The Kier molecular flexibility index (Phi) is 11.2. The molecule has 8 aromatic rings. The van der Waals surface area contributed by atoms with Gasteiger partial charge in [-0.15, -0.1) is 0 Å². The van der Waals surface area contributed by atoms with Gasteiger partial charge >= 0.3 is 0 Å². The van der Waals surface area contributed by atoms with Gasteiger partial charge in [0.05, 0.1) is 17.1 Å². The molecule has 5 heteroatoms. The third-order valence-electron chi connectivity index (χ3n) is 10.6. The predicted molar refractivity (Wildman–Crippen MR) is 237 cm³/mol. The number of benzene rings is 5. The SMILES string of the molecule is CC(C)c1cc(CCCc2cccc(N(c3cccc(-c4ccccc4)n3)c3cccc(-c4ccccc4)n3)c2)cc(C(C)C)c1-n1ccnc1-c1ccccc1. The zero-order valence-corrected chi connectivity index (χ0v) is 33.3. The lowest BCUT2D eigenvalue weighted by Crippen LogP contribution is -2.14. The number of rotatable bonds is 13. The van der Waals surface area contributed by atoms with Crippen LogP contribution in [0.3, 0.4) is 0 Å². The number of nitrogens with zero attached hydrogens (tertiary/aromatic N) is 5. The number of hydrogen-bond acceptors (Lipinski definition) is 4. The molecule has 282 valence electrons. The fraction of sp³-hybridized carbons (Fsp3) is 0.173.